The number of hydrogen-bond donors (Lipinski definition) is 0. The highest BCUT2D eigenvalue weighted by atomic mass is 35.5. The van der Waals surface area contributed by atoms with Gasteiger partial charge in [-0.05, 0) is 24.5 Å². The summed E-state index contributed by atoms with van der Waals surface area (Å²) in [6.07, 6.45) is 2.46. The summed E-state index contributed by atoms with van der Waals surface area (Å²) >= 11 is 5.78. The number of aryl methyl sites for hydroxylation is 1. The second-order valence-electron chi connectivity index (χ2n) is 4.71. The van der Waals surface area contributed by atoms with Crippen molar-refractivity contribution in [2.45, 2.75) is 32.7 Å². The van der Waals surface area contributed by atoms with E-state index in [1.165, 1.54) is 0 Å². The first-order chi connectivity index (χ1) is 10.2. The van der Waals surface area contributed by atoms with Gasteiger partial charge in [0.2, 0.25) is 0 Å². The van der Waals surface area contributed by atoms with E-state index in [0.717, 1.165) is 16.8 Å². The highest BCUT2D eigenvalue weighted by Gasteiger charge is 2.16. The van der Waals surface area contributed by atoms with Gasteiger partial charge in [0.05, 0.1) is 18.8 Å². The zero-order chi connectivity index (χ0) is 15.2. The predicted molar refractivity (Wildman–Crippen MR) is 82.7 cm³/mol. The van der Waals surface area contributed by atoms with Crippen molar-refractivity contribution in [3.05, 3.63) is 52.8 Å². The molecule has 0 radical (unpaired) electrons. The number of halogens is 1. The summed E-state index contributed by atoms with van der Waals surface area (Å²) in [4.78, 5) is 11.9. The third-order valence-corrected chi connectivity index (χ3v) is 3.50. The van der Waals surface area contributed by atoms with Crippen molar-refractivity contribution in [3.8, 4) is 0 Å². The van der Waals surface area contributed by atoms with Crippen LogP contribution in [0.1, 0.15) is 41.0 Å². The van der Waals surface area contributed by atoms with Crippen molar-refractivity contribution in [2.75, 3.05) is 6.61 Å². The number of hydrogen-bond acceptors (Lipinski definition) is 3. The quantitative estimate of drug-likeness (QED) is 0.607. The van der Waals surface area contributed by atoms with Gasteiger partial charge >= 0.3 is 5.97 Å². The maximum Gasteiger partial charge on any atom is 0.341 e. The van der Waals surface area contributed by atoms with E-state index in [4.69, 9.17) is 16.3 Å². The van der Waals surface area contributed by atoms with Gasteiger partial charge in [-0.1, -0.05) is 31.2 Å². The van der Waals surface area contributed by atoms with E-state index in [0.29, 0.717) is 31.0 Å². The minimum Gasteiger partial charge on any atom is -0.462 e. The standard InChI is InChI=1S/C16H19ClN2O2/c1-3-15-14(16(20)21-4-2)11-19(18-15)10-13-7-5-12(9-17)6-8-13/h5-8,11H,3-4,9-10H2,1-2H3. The molecular weight excluding hydrogens is 288 g/mol. The normalized spacial score (nSPS) is 10.6. The van der Waals surface area contributed by atoms with Gasteiger partial charge in [-0.3, -0.25) is 4.68 Å². The molecule has 1 heterocycles. The summed E-state index contributed by atoms with van der Waals surface area (Å²) in [7, 11) is 0. The van der Waals surface area contributed by atoms with Crippen molar-refractivity contribution in [2.24, 2.45) is 0 Å². The number of carbonyl (C=O) groups is 1. The van der Waals surface area contributed by atoms with Crippen LogP contribution in [0.2, 0.25) is 0 Å². The maximum absolute atomic E-state index is 11.9. The number of esters is 1. The van der Waals surface area contributed by atoms with Gasteiger partial charge in [-0.2, -0.15) is 5.10 Å². The summed E-state index contributed by atoms with van der Waals surface area (Å²) in [6.45, 7) is 4.76. The Morgan fingerprint density at radius 1 is 1.24 bits per heavy atom. The smallest absolute Gasteiger partial charge is 0.341 e. The lowest BCUT2D eigenvalue weighted by Gasteiger charge is -2.03. The Hall–Kier alpha value is -1.81. The van der Waals surface area contributed by atoms with Crippen LogP contribution in [0.15, 0.2) is 30.5 Å². The van der Waals surface area contributed by atoms with Crippen LogP contribution in [-0.4, -0.2) is 22.4 Å². The molecule has 1 aromatic carbocycles. The summed E-state index contributed by atoms with van der Waals surface area (Å²) < 4.78 is 6.84. The largest absolute Gasteiger partial charge is 0.462 e. The molecule has 0 unspecified atom stereocenters. The second kappa shape index (κ2) is 7.27. The first-order valence-corrected chi connectivity index (χ1v) is 7.58. The molecule has 0 saturated carbocycles. The summed E-state index contributed by atoms with van der Waals surface area (Å²) in [5.74, 6) is 0.202. The van der Waals surface area contributed by atoms with E-state index >= 15 is 0 Å². The monoisotopic (exact) mass is 306 g/mol. The Balaban J connectivity index is 2.18. The molecule has 0 spiro atoms. The average Bonchev–Trinajstić information content (AvgIpc) is 2.91. The minimum absolute atomic E-state index is 0.307. The molecule has 0 bridgehead atoms. The summed E-state index contributed by atoms with van der Waals surface area (Å²) in [5, 5.41) is 4.46. The SMILES string of the molecule is CCOC(=O)c1cn(Cc2ccc(CCl)cc2)nc1CC. The first-order valence-electron chi connectivity index (χ1n) is 7.05. The minimum atomic E-state index is -0.307. The topological polar surface area (TPSA) is 44.1 Å². The van der Waals surface area contributed by atoms with E-state index in [1.54, 1.807) is 17.8 Å². The van der Waals surface area contributed by atoms with Crippen molar-refractivity contribution in [1.82, 2.24) is 9.78 Å². The number of benzene rings is 1. The van der Waals surface area contributed by atoms with E-state index in [9.17, 15) is 4.79 Å². The average molecular weight is 307 g/mol. The number of rotatable bonds is 6. The molecule has 5 heteroatoms. The third-order valence-electron chi connectivity index (χ3n) is 3.19. The zero-order valence-electron chi connectivity index (χ0n) is 12.3. The Bertz CT molecular complexity index is 605. The van der Waals surface area contributed by atoms with Crippen LogP contribution < -0.4 is 0 Å². The van der Waals surface area contributed by atoms with E-state index in [1.807, 2.05) is 31.2 Å². The molecule has 0 aliphatic heterocycles. The van der Waals surface area contributed by atoms with Crippen LogP contribution in [0, 0.1) is 0 Å². The van der Waals surface area contributed by atoms with E-state index in [2.05, 4.69) is 5.10 Å². The van der Waals surface area contributed by atoms with Crippen molar-refractivity contribution < 1.29 is 9.53 Å². The van der Waals surface area contributed by atoms with Gasteiger partial charge in [0.15, 0.2) is 0 Å². The first kappa shape index (κ1) is 15.6. The van der Waals surface area contributed by atoms with E-state index < -0.39 is 0 Å². The third kappa shape index (κ3) is 3.85. The van der Waals surface area contributed by atoms with Crippen molar-refractivity contribution in [1.29, 1.82) is 0 Å². The van der Waals surface area contributed by atoms with Crippen LogP contribution in [0.3, 0.4) is 0 Å². The fourth-order valence-electron chi connectivity index (χ4n) is 2.10. The predicted octanol–water partition coefficient (Wildman–Crippen LogP) is 3.41. The lowest BCUT2D eigenvalue weighted by Crippen LogP contribution is -2.06. The van der Waals surface area contributed by atoms with Gasteiger partial charge in [0.1, 0.15) is 5.56 Å². The molecule has 4 nitrogen and oxygen atoms in total. The van der Waals surface area contributed by atoms with Gasteiger partial charge in [-0.25, -0.2) is 4.79 Å². The van der Waals surface area contributed by atoms with Crippen LogP contribution >= 0.6 is 11.6 Å². The molecule has 21 heavy (non-hydrogen) atoms. The van der Waals surface area contributed by atoms with Gasteiger partial charge < -0.3 is 4.74 Å². The van der Waals surface area contributed by atoms with Crippen molar-refractivity contribution in [3.63, 3.8) is 0 Å². The fraction of sp³-hybridized carbons (Fsp3) is 0.375. The second-order valence-corrected chi connectivity index (χ2v) is 4.98. The lowest BCUT2D eigenvalue weighted by molar-refractivity contribution is 0.0525. The molecular formula is C16H19ClN2O2. The van der Waals surface area contributed by atoms with Gasteiger partial charge in [0, 0.05) is 12.1 Å². The van der Waals surface area contributed by atoms with Crippen molar-refractivity contribution >= 4 is 17.6 Å². The molecule has 112 valence electrons. The molecule has 0 saturated heterocycles. The Kier molecular flexibility index (Phi) is 5.39. The van der Waals surface area contributed by atoms with Crippen LogP contribution in [0.5, 0.6) is 0 Å². The Morgan fingerprint density at radius 2 is 1.90 bits per heavy atom. The molecule has 0 aliphatic carbocycles. The number of ether oxygens (including phenoxy) is 1. The number of nitrogens with zero attached hydrogens (tertiary/aromatic N) is 2. The molecule has 0 atom stereocenters. The number of alkyl halides is 1. The van der Waals surface area contributed by atoms with Gasteiger partial charge in [0.25, 0.3) is 0 Å². The summed E-state index contributed by atoms with van der Waals surface area (Å²) in [6, 6.07) is 8.04. The maximum atomic E-state index is 11.9. The molecule has 0 N–H and O–H groups in total. The Labute approximate surface area is 129 Å². The summed E-state index contributed by atoms with van der Waals surface area (Å²) in [5.41, 5.74) is 3.52. The molecule has 0 fully saturated rings. The molecule has 0 aliphatic rings. The molecule has 2 aromatic rings. The van der Waals surface area contributed by atoms with Crippen LogP contribution in [0.4, 0.5) is 0 Å². The van der Waals surface area contributed by atoms with Crippen LogP contribution in [0.25, 0.3) is 0 Å². The highest BCUT2D eigenvalue weighted by Crippen LogP contribution is 2.13. The number of aromatic nitrogens is 2. The van der Waals surface area contributed by atoms with Crippen LogP contribution in [-0.2, 0) is 23.6 Å². The number of carbonyl (C=O) groups excluding carboxylic acids is 1. The fourth-order valence-corrected chi connectivity index (χ4v) is 2.28. The highest BCUT2D eigenvalue weighted by molar-refractivity contribution is 6.17. The Morgan fingerprint density at radius 3 is 2.48 bits per heavy atom. The molecule has 1 aromatic heterocycles. The molecule has 2 rings (SSSR count). The lowest BCUT2D eigenvalue weighted by atomic mass is 10.1. The zero-order valence-corrected chi connectivity index (χ0v) is 13.1. The van der Waals surface area contributed by atoms with Gasteiger partial charge in [-0.15, -0.1) is 11.6 Å². The van der Waals surface area contributed by atoms with E-state index in [-0.39, 0.29) is 5.97 Å². The molecule has 0 amide bonds.